The molecule has 1 unspecified atom stereocenters. The molecule has 0 bridgehead atoms. The Kier molecular flexibility index (Phi) is 5.39. The molecule has 0 aliphatic carbocycles. The van der Waals surface area contributed by atoms with Gasteiger partial charge in [-0.3, -0.25) is 4.98 Å². The molecule has 112 valence electrons. The van der Waals surface area contributed by atoms with E-state index in [1.165, 1.54) is 12.1 Å². The van der Waals surface area contributed by atoms with Crippen molar-refractivity contribution < 1.29 is 8.78 Å². The average molecular weight is 290 g/mol. The number of aryl methyl sites for hydroxylation is 1. The summed E-state index contributed by atoms with van der Waals surface area (Å²) in [5, 5.41) is 3.27. The fourth-order valence-corrected chi connectivity index (χ4v) is 2.22. The lowest BCUT2D eigenvalue weighted by molar-refractivity contribution is 0.487. The Morgan fingerprint density at radius 2 is 2.00 bits per heavy atom. The third kappa shape index (κ3) is 4.33. The van der Waals surface area contributed by atoms with E-state index in [0.717, 1.165) is 30.3 Å². The van der Waals surface area contributed by atoms with Crippen LogP contribution >= 0.6 is 0 Å². The fourth-order valence-electron chi connectivity index (χ4n) is 2.22. The van der Waals surface area contributed by atoms with Crippen LogP contribution < -0.4 is 5.32 Å². The minimum atomic E-state index is -0.424. The monoisotopic (exact) mass is 290 g/mol. The van der Waals surface area contributed by atoms with E-state index in [4.69, 9.17) is 0 Å². The van der Waals surface area contributed by atoms with E-state index in [-0.39, 0.29) is 6.04 Å². The zero-order chi connectivity index (χ0) is 15.2. The molecule has 0 aliphatic heterocycles. The highest BCUT2D eigenvalue weighted by Gasteiger charge is 2.17. The standard InChI is InChI=1S/C17H20F2N2/c1-3-8-20-17(10-14-6-4-12(2)11-21-14)15-9-13(18)5-7-16(15)19/h4-7,9,11,17,20H,3,8,10H2,1-2H3. The molecule has 0 saturated heterocycles. The predicted octanol–water partition coefficient (Wildman–Crippen LogP) is 3.95. The lowest BCUT2D eigenvalue weighted by Crippen LogP contribution is -2.25. The summed E-state index contributed by atoms with van der Waals surface area (Å²) < 4.78 is 27.4. The summed E-state index contributed by atoms with van der Waals surface area (Å²) in [5.74, 6) is -0.816. The number of nitrogens with zero attached hydrogens (tertiary/aromatic N) is 1. The number of hydrogen-bond donors (Lipinski definition) is 1. The number of nitrogens with one attached hydrogen (secondary N) is 1. The molecular formula is C17H20F2N2. The van der Waals surface area contributed by atoms with Crippen LogP contribution in [0.4, 0.5) is 8.78 Å². The molecule has 0 radical (unpaired) electrons. The van der Waals surface area contributed by atoms with Gasteiger partial charge in [-0.05, 0) is 49.7 Å². The first kappa shape index (κ1) is 15.6. The zero-order valence-electron chi connectivity index (χ0n) is 12.4. The molecule has 1 aromatic heterocycles. The second kappa shape index (κ2) is 7.27. The number of rotatable bonds is 6. The molecule has 4 heteroatoms. The molecule has 0 saturated carbocycles. The molecule has 1 N–H and O–H groups in total. The van der Waals surface area contributed by atoms with Gasteiger partial charge >= 0.3 is 0 Å². The number of hydrogen-bond acceptors (Lipinski definition) is 2. The van der Waals surface area contributed by atoms with Crippen molar-refractivity contribution in [3.8, 4) is 0 Å². The first-order chi connectivity index (χ1) is 10.1. The highest BCUT2D eigenvalue weighted by atomic mass is 19.1. The van der Waals surface area contributed by atoms with Gasteiger partial charge in [-0.1, -0.05) is 13.0 Å². The first-order valence-corrected chi connectivity index (χ1v) is 7.20. The van der Waals surface area contributed by atoms with Gasteiger partial charge in [0.05, 0.1) is 0 Å². The van der Waals surface area contributed by atoms with Crippen LogP contribution in [-0.4, -0.2) is 11.5 Å². The predicted molar refractivity (Wildman–Crippen MR) is 80.1 cm³/mol. The summed E-state index contributed by atoms with van der Waals surface area (Å²) in [6.45, 7) is 4.75. The number of benzene rings is 1. The maximum atomic E-state index is 14.0. The van der Waals surface area contributed by atoms with Gasteiger partial charge < -0.3 is 5.32 Å². The van der Waals surface area contributed by atoms with E-state index in [2.05, 4.69) is 10.3 Å². The van der Waals surface area contributed by atoms with Crippen LogP contribution in [0.5, 0.6) is 0 Å². The Bertz CT molecular complexity index is 582. The molecule has 1 atom stereocenters. The van der Waals surface area contributed by atoms with Crippen LogP contribution in [-0.2, 0) is 6.42 Å². The lowest BCUT2D eigenvalue weighted by Gasteiger charge is -2.19. The van der Waals surface area contributed by atoms with Crippen molar-refractivity contribution in [1.29, 1.82) is 0 Å². The van der Waals surface area contributed by atoms with Crippen molar-refractivity contribution in [1.82, 2.24) is 10.3 Å². The Hall–Kier alpha value is -1.81. The van der Waals surface area contributed by atoms with Crippen LogP contribution in [0.3, 0.4) is 0 Å². The van der Waals surface area contributed by atoms with Gasteiger partial charge in [0.25, 0.3) is 0 Å². The molecule has 2 aromatic rings. The quantitative estimate of drug-likeness (QED) is 0.871. The number of halogens is 2. The Morgan fingerprint density at radius 1 is 1.19 bits per heavy atom. The van der Waals surface area contributed by atoms with Crippen LogP contribution in [0, 0.1) is 18.6 Å². The number of pyridine rings is 1. The van der Waals surface area contributed by atoms with Crippen molar-refractivity contribution in [3.63, 3.8) is 0 Å². The van der Waals surface area contributed by atoms with Crippen molar-refractivity contribution in [2.24, 2.45) is 0 Å². The van der Waals surface area contributed by atoms with E-state index in [9.17, 15) is 8.78 Å². The van der Waals surface area contributed by atoms with E-state index >= 15 is 0 Å². The van der Waals surface area contributed by atoms with Gasteiger partial charge in [-0.25, -0.2) is 8.78 Å². The first-order valence-electron chi connectivity index (χ1n) is 7.20. The molecule has 0 amide bonds. The van der Waals surface area contributed by atoms with Gasteiger partial charge in [0.2, 0.25) is 0 Å². The molecular weight excluding hydrogens is 270 g/mol. The molecule has 1 aromatic carbocycles. The summed E-state index contributed by atoms with van der Waals surface area (Å²) in [6, 6.07) is 7.19. The molecule has 0 fully saturated rings. The molecule has 0 spiro atoms. The van der Waals surface area contributed by atoms with E-state index < -0.39 is 11.6 Å². The second-order valence-corrected chi connectivity index (χ2v) is 5.20. The summed E-state index contributed by atoms with van der Waals surface area (Å²) >= 11 is 0. The van der Waals surface area contributed by atoms with E-state index in [1.54, 1.807) is 6.20 Å². The molecule has 1 heterocycles. The van der Waals surface area contributed by atoms with E-state index in [1.807, 2.05) is 26.0 Å². The van der Waals surface area contributed by atoms with E-state index in [0.29, 0.717) is 12.0 Å². The van der Waals surface area contributed by atoms with Crippen molar-refractivity contribution >= 4 is 0 Å². The van der Waals surface area contributed by atoms with Crippen LogP contribution in [0.1, 0.15) is 36.2 Å². The van der Waals surface area contributed by atoms with Crippen LogP contribution in [0.15, 0.2) is 36.5 Å². The highest BCUT2D eigenvalue weighted by Crippen LogP contribution is 2.22. The SMILES string of the molecule is CCCNC(Cc1ccc(C)cn1)c1cc(F)ccc1F. The second-order valence-electron chi connectivity index (χ2n) is 5.20. The van der Waals surface area contributed by atoms with Crippen LogP contribution in [0.2, 0.25) is 0 Å². The lowest BCUT2D eigenvalue weighted by atomic mass is 10.0. The Morgan fingerprint density at radius 3 is 2.67 bits per heavy atom. The smallest absolute Gasteiger partial charge is 0.128 e. The summed E-state index contributed by atoms with van der Waals surface area (Å²) in [7, 11) is 0. The zero-order valence-corrected chi connectivity index (χ0v) is 12.4. The van der Waals surface area contributed by atoms with Gasteiger partial charge in [0, 0.05) is 29.9 Å². The van der Waals surface area contributed by atoms with Gasteiger partial charge in [0.15, 0.2) is 0 Å². The third-order valence-electron chi connectivity index (χ3n) is 3.36. The van der Waals surface area contributed by atoms with Crippen molar-refractivity contribution in [3.05, 3.63) is 65.0 Å². The normalized spacial score (nSPS) is 12.4. The van der Waals surface area contributed by atoms with Gasteiger partial charge in [-0.15, -0.1) is 0 Å². The fraction of sp³-hybridized carbons (Fsp3) is 0.353. The Labute approximate surface area is 124 Å². The minimum Gasteiger partial charge on any atom is -0.310 e. The minimum absolute atomic E-state index is 0.282. The highest BCUT2D eigenvalue weighted by molar-refractivity contribution is 5.24. The third-order valence-corrected chi connectivity index (χ3v) is 3.36. The Balaban J connectivity index is 2.25. The summed E-state index contributed by atoms with van der Waals surface area (Å²) in [4.78, 5) is 4.35. The van der Waals surface area contributed by atoms with Crippen molar-refractivity contribution in [2.45, 2.75) is 32.7 Å². The maximum absolute atomic E-state index is 14.0. The summed E-state index contributed by atoms with van der Waals surface area (Å²) in [5.41, 5.74) is 2.29. The average Bonchev–Trinajstić information content (AvgIpc) is 2.48. The molecule has 0 aliphatic rings. The number of aromatic nitrogens is 1. The molecule has 21 heavy (non-hydrogen) atoms. The maximum Gasteiger partial charge on any atom is 0.128 e. The largest absolute Gasteiger partial charge is 0.310 e. The van der Waals surface area contributed by atoms with Crippen molar-refractivity contribution in [2.75, 3.05) is 6.54 Å². The van der Waals surface area contributed by atoms with Gasteiger partial charge in [0.1, 0.15) is 11.6 Å². The topological polar surface area (TPSA) is 24.9 Å². The summed E-state index contributed by atoms with van der Waals surface area (Å²) in [6.07, 6.45) is 3.24. The van der Waals surface area contributed by atoms with Gasteiger partial charge in [-0.2, -0.15) is 0 Å². The van der Waals surface area contributed by atoms with Crippen LogP contribution in [0.25, 0.3) is 0 Å². The molecule has 2 nitrogen and oxygen atoms in total. The molecule has 2 rings (SSSR count).